The second-order valence-electron chi connectivity index (χ2n) is 11.5. The van der Waals surface area contributed by atoms with Crippen LogP contribution in [0.25, 0.3) is 0 Å². The van der Waals surface area contributed by atoms with Gasteiger partial charge in [-0.1, -0.05) is 42.5 Å². The molecule has 41 heavy (non-hydrogen) atoms. The van der Waals surface area contributed by atoms with E-state index in [0.717, 1.165) is 87.8 Å². The van der Waals surface area contributed by atoms with Crippen LogP contribution in [0.4, 0.5) is 10.6 Å². The number of carboxylic acid groups (broad SMARTS) is 1. The normalized spacial score (nSPS) is 23.9. The summed E-state index contributed by atoms with van der Waals surface area (Å²) in [5, 5.41) is 15.6. The summed E-state index contributed by atoms with van der Waals surface area (Å²) in [5.41, 5.74) is 3.37. The zero-order chi connectivity index (χ0) is 28.4. The molecular formula is C33H41N3O5. The van der Waals surface area contributed by atoms with Gasteiger partial charge in [-0.2, -0.15) is 0 Å². The number of anilines is 1. The first-order chi connectivity index (χ1) is 20.0. The lowest BCUT2D eigenvalue weighted by atomic mass is 9.79. The Bertz CT molecular complexity index is 1230. The van der Waals surface area contributed by atoms with Gasteiger partial charge in [0.1, 0.15) is 18.0 Å². The predicted molar refractivity (Wildman–Crippen MR) is 157 cm³/mol. The summed E-state index contributed by atoms with van der Waals surface area (Å²) in [6.07, 6.45) is 9.12. The zero-order valence-electron chi connectivity index (χ0n) is 23.6. The molecule has 3 N–H and O–H groups in total. The van der Waals surface area contributed by atoms with Gasteiger partial charge in [0.15, 0.2) is 0 Å². The van der Waals surface area contributed by atoms with Crippen LogP contribution in [0.1, 0.15) is 74.6 Å². The third-order valence-corrected chi connectivity index (χ3v) is 8.44. The Kier molecular flexibility index (Phi) is 10.1. The first kappa shape index (κ1) is 28.9. The number of nitrogens with one attached hydrogen (secondary N) is 2. The van der Waals surface area contributed by atoms with Gasteiger partial charge in [0.2, 0.25) is 0 Å². The average Bonchev–Trinajstić information content (AvgIpc) is 2.97. The van der Waals surface area contributed by atoms with Crippen LogP contribution in [0.2, 0.25) is 0 Å². The lowest BCUT2D eigenvalue weighted by Crippen LogP contribution is -2.44. The minimum atomic E-state index is -1.09. The summed E-state index contributed by atoms with van der Waals surface area (Å²) in [4.78, 5) is 29.2. The van der Waals surface area contributed by atoms with Gasteiger partial charge in [0.05, 0.1) is 12.0 Å². The van der Waals surface area contributed by atoms with Crippen LogP contribution in [-0.4, -0.2) is 53.6 Å². The fraction of sp³-hybridized carbons (Fsp3) is 0.545. The van der Waals surface area contributed by atoms with E-state index in [2.05, 4.69) is 34.6 Å². The Morgan fingerprint density at radius 1 is 1.10 bits per heavy atom. The molecule has 5 rings (SSSR count). The molecule has 8 heteroatoms. The van der Waals surface area contributed by atoms with Gasteiger partial charge >= 0.3 is 12.1 Å². The lowest BCUT2D eigenvalue weighted by molar-refractivity contribution is -0.140. The topological polar surface area (TPSA) is 110 Å². The highest BCUT2D eigenvalue weighted by Crippen LogP contribution is 2.34. The minimum Gasteiger partial charge on any atom is -0.480 e. The first-order valence-electron chi connectivity index (χ1n) is 15.1. The third-order valence-electron chi connectivity index (χ3n) is 8.44. The number of carbonyl (C=O) groups is 2. The fourth-order valence-electron chi connectivity index (χ4n) is 5.93. The van der Waals surface area contributed by atoms with Gasteiger partial charge in [0.25, 0.3) is 0 Å². The van der Waals surface area contributed by atoms with E-state index in [-0.39, 0.29) is 31.2 Å². The highest BCUT2D eigenvalue weighted by molar-refractivity contribution is 5.79. The monoisotopic (exact) mass is 559 g/mol. The number of hydrogen-bond acceptors (Lipinski definition) is 6. The van der Waals surface area contributed by atoms with E-state index in [1.54, 1.807) is 0 Å². The smallest absolute Gasteiger partial charge is 0.408 e. The number of nitrogens with zero attached hydrogens (tertiary/aromatic N) is 1. The van der Waals surface area contributed by atoms with Gasteiger partial charge in [0, 0.05) is 30.8 Å². The maximum absolute atomic E-state index is 12.6. The summed E-state index contributed by atoms with van der Waals surface area (Å²) in [6, 6.07) is 13.0. The van der Waals surface area contributed by atoms with Crippen molar-refractivity contribution in [2.75, 3.05) is 18.5 Å². The summed E-state index contributed by atoms with van der Waals surface area (Å²) in [7, 11) is 0. The summed E-state index contributed by atoms with van der Waals surface area (Å²) in [6.45, 7) is 1.27. The molecule has 2 heterocycles. The molecule has 1 aliphatic heterocycles. The van der Waals surface area contributed by atoms with Crippen molar-refractivity contribution in [2.45, 2.75) is 88.9 Å². The van der Waals surface area contributed by atoms with E-state index in [1.165, 1.54) is 5.56 Å². The number of benzene rings is 1. The molecule has 3 aliphatic rings. The van der Waals surface area contributed by atoms with Crippen LogP contribution in [0.3, 0.4) is 0 Å². The van der Waals surface area contributed by atoms with Gasteiger partial charge < -0.3 is 25.2 Å². The number of alkyl carbamates (subject to hydrolysis) is 1. The molecular weight excluding hydrogens is 518 g/mol. The molecule has 3 atom stereocenters. The van der Waals surface area contributed by atoms with Gasteiger partial charge in [-0.3, -0.25) is 0 Å². The molecule has 2 aromatic rings. The van der Waals surface area contributed by atoms with Crippen molar-refractivity contribution in [3.05, 3.63) is 59.3 Å². The maximum atomic E-state index is 12.6. The van der Waals surface area contributed by atoms with E-state index in [4.69, 9.17) is 14.5 Å². The molecule has 2 aliphatic carbocycles. The SMILES string of the molecule is O=C(NC(CCOC1CC(CCc2ccc3c(n2)NCCC3)C1)C(=O)O)OC1CCCCC1C#Cc1ccccc1. The fourth-order valence-corrected chi connectivity index (χ4v) is 5.93. The molecule has 1 aromatic heterocycles. The molecule has 0 saturated heterocycles. The molecule has 3 unspecified atom stereocenters. The number of pyridine rings is 1. The molecule has 1 aromatic carbocycles. The highest BCUT2D eigenvalue weighted by atomic mass is 16.6. The van der Waals surface area contributed by atoms with E-state index >= 15 is 0 Å². The Balaban J connectivity index is 1.00. The Morgan fingerprint density at radius 2 is 1.93 bits per heavy atom. The second-order valence-corrected chi connectivity index (χ2v) is 11.5. The summed E-state index contributed by atoms with van der Waals surface area (Å²) < 4.78 is 11.6. The van der Waals surface area contributed by atoms with Crippen LogP contribution in [-0.2, 0) is 27.1 Å². The number of aromatic nitrogens is 1. The molecule has 8 nitrogen and oxygen atoms in total. The van der Waals surface area contributed by atoms with Crippen LogP contribution >= 0.6 is 0 Å². The van der Waals surface area contributed by atoms with E-state index in [9.17, 15) is 14.7 Å². The van der Waals surface area contributed by atoms with E-state index < -0.39 is 18.1 Å². The molecule has 1 amide bonds. The standard InChI is InChI=1S/C33H41N3O5/c37-32(38)29(36-33(39)41-30-11-5-4-9-25(30)14-12-23-7-2-1-3-8-23)18-20-40-28-21-24(22-28)13-16-27-17-15-26-10-6-19-34-31(26)35-27/h1-3,7-8,15,17,24-25,28-30H,4-6,9-11,13,16,18-22H2,(H,34,35)(H,36,39)(H,37,38). The molecule has 0 bridgehead atoms. The number of aliphatic carboxylic acids is 1. The number of carboxylic acids is 1. The highest BCUT2D eigenvalue weighted by Gasteiger charge is 2.31. The molecule has 2 fully saturated rings. The van der Waals surface area contributed by atoms with Crippen LogP contribution in [0.5, 0.6) is 0 Å². The van der Waals surface area contributed by atoms with Crippen molar-refractivity contribution in [3.63, 3.8) is 0 Å². The lowest BCUT2D eigenvalue weighted by Gasteiger charge is -2.35. The number of rotatable bonds is 10. The first-order valence-corrected chi connectivity index (χ1v) is 15.1. The van der Waals surface area contributed by atoms with Crippen LogP contribution in [0, 0.1) is 23.7 Å². The molecule has 0 spiro atoms. The van der Waals surface area contributed by atoms with Gasteiger partial charge in [-0.05, 0) is 87.5 Å². The largest absolute Gasteiger partial charge is 0.480 e. The van der Waals surface area contributed by atoms with Crippen molar-refractivity contribution in [2.24, 2.45) is 11.8 Å². The summed E-state index contributed by atoms with van der Waals surface area (Å²) >= 11 is 0. The zero-order valence-corrected chi connectivity index (χ0v) is 23.6. The number of carbonyl (C=O) groups excluding carboxylic acids is 1. The van der Waals surface area contributed by atoms with Gasteiger partial charge in [-0.25, -0.2) is 14.6 Å². The average molecular weight is 560 g/mol. The van der Waals surface area contributed by atoms with Crippen molar-refractivity contribution in [3.8, 4) is 11.8 Å². The second kappa shape index (κ2) is 14.4. The van der Waals surface area contributed by atoms with Crippen LogP contribution in [0.15, 0.2) is 42.5 Å². The predicted octanol–water partition coefficient (Wildman–Crippen LogP) is 5.35. The molecule has 2 saturated carbocycles. The van der Waals surface area contributed by atoms with E-state index in [0.29, 0.717) is 5.92 Å². The summed E-state index contributed by atoms with van der Waals surface area (Å²) in [5.74, 6) is 6.94. The number of amides is 1. The number of hydrogen-bond donors (Lipinski definition) is 3. The van der Waals surface area contributed by atoms with Crippen LogP contribution < -0.4 is 10.6 Å². The Labute approximate surface area is 242 Å². The van der Waals surface area contributed by atoms with E-state index in [1.807, 2.05) is 30.3 Å². The Hall–Kier alpha value is -3.57. The van der Waals surface area contributed by atoms with Crippen molar-refractivity contribution >= 4 is 17.9 Å². The Morgan fingerprint density at radius 3 is 2.76 bits per heavy atom. The maximum Gasteiger partial charge on any atom is 0.408 e. The van der Waals surface area contributed by atoms with Crippen molar-refractivity contribution in [1.29, 1.82) is 0 Å². The van der Waals surface area contributed by atoms with Gasteiger partial charge in [-0.15, -0.1) is 0 Å². The van der Waals surface area contributed by atoms with Crippen molar-refractivity contribution < 1.29 is 24.2 Å². The quantitative estimate of drug-likeness (QED) is 0.337. The van der Waals surface area contributed by atoms with Crippen molar-refractivity contribution in [1.82, 2.24) is 10.3 Å². The molecule has 218 valence electrons. The number of ether oxygens (including phenoxy) is 2. The number of fused-ring (bicyclic) bond motifs is 1. The number of aryl methyl sites for hydroxylation is 2. The minimum absolute atomic E-state index is 0.0624. The third kappa shape index (κ3) is 8.46. The molecule has 0 radical (unpaired) electrons.